The molecular weight excluding hydrogens is 306 g/mol. The number of sulfone groups is 1. The van der Waals surface area contributed by atoms with Crippen LogP contribution in [0.15, 0.2) is 0 Å². The summed E-state index contributed by atoms with van der Waals surface area (Å²) in [6.07, 6.45) is 2.33. The number of hydrogen-bond acceptors (Lipinski definition) is 6. The number of hydrogen-bond donors (Lipinski definition) is 1. The van der Waals surface area contributed by atoms with E-state index >= 15 is 0 Å². The molecule has 4 rings (SSSR count). The smallest absolute Gasteiger partial charge is 0.166 e. The topological polar surface area (TPSA) is 66.6 Å². The van der Waals surface area contributed by atoms with Gasteiger partial charge in [0, 0.05) is 42.4 Å². The molecule has 0 aromatic rings. The van der Waals surface area contributed by atoms with Crippen molar-refractivity contribution in [3.05, 3.63) is 0 Å². The SMILES string of the molecule is CCS(=O)(=O)C1CSCCN1C1(CN)CN2CCC1CC2. The fourth-order valence-electron chi connectivity index (χ4n) is 4.40. The predicted octanol–water partition coefficient (Wildman–Crippen LogP) is 0.219. The van der Waals surface area contributed by atoms with Crippen LogP contribution in [0.4, 0.5) is 0 Å². The molecule has 4 aliphatic rings. The number of rotatable bonds is 4. The summed E-state index contributed by atoms with van der Waals surface area (Å²) in [5.74, 6) is 2.50. The van der Waals surface area contributed by atoms with Gasteiger partial charge in [0.1, 0.15) is 5.37 Å². The number of piperidine rings is 3. The van der Waals surface area contributed by atoms with E-state index in [0.29, 0.717) is 18.2 Å². The minimum Gasteiger partial charge on any atom is -0.329 e. The van der Waals surface area contributed by atoms with Crippen molar-refractivity contribution in [2.75, 3.05) is 50.0 Å². The average molecular weight is 334 g/mol. The van der Waals surface area contributed by atoms with Crippen molar-refractivity contribution in [2.24, 2.45) is 11.7 Å². The molecule has 21 heavy (non-hydrogen) atoms. The lowest BCUT2D eigenvalue weighted by molar-refractivity contribution is -0.0693. The van der Waals surface area contributed by atoms with Gasteiger partial charge in [0.25, 0.3) is 0 Å². The fourth-order valence-corrected chi connectivity index (χ4v) is 7.48. The Morgan fingerprint density at radius 1 is 1.29 bits per heavy atom. The van der Waals surface area contributed by atoms with Gasteiger partial charge in [-0.1, -0.05) is 6.92 Å². The van der Waals surface area contributed by atoms with E-state index in [1.54, 1.807) is 18.7 Å². The average Bonchev–Trinajstić information content (AvgIpc) is 2.55. The normalized spacial score (nSPS) is 41.3. The zero-order valence-electron chi connectivity index (χ0n) is 12.8. The van der Waals surface area contributed by atoms with Crippen LogP contribution in [0.5, 0.6) is 0 Å². The summed E-state index contributed by atoms with van der Waals surface area (Å²) >= 11 is 1.77. The van der Waals surface area contributed by atoms with E-state index in [1.807, 2.05) is 0 Å². The highest BCUT2D eigenvalue weighted by Crippen LogP contribution is 2.42. The first-order chi connectivity index (χ1) is 10.0. The zero-order valence-corrected chi connectivity index (χ0v) is 14.5. The Morgan fingerprint density at radius 3 is 2.52 bits per heavy atom. The van der Waals surface area contributed by atoms with Crippen molar-refractivity contribution in [3.63, 3.8) is 0 Å². The summed E-state index contributed by atoms with van der Waals surface area (Å²) in [5.41, 5.74) is 6.11. The number of nitrogens with two attached hydrogens (primary N) is 1. The lowest BCUT2D eigenvalue weighted by Gasteiger charge is -2.60. The highest BCUT2D eigenvalue weighted by Gasteiger charge is 2.53. The molecule has 0 amide bonds. The molecule has 4 fully saturated rings. The Labute approximate surface area is 132 Å². The third-order valence-electron chi connectivity index (χ3n) is 5.67. The molecule has 2 N–H and O–H groups in total. The number of nitrogens with zero attached hydrogens (tertiary/aromatic N) is 2. The number of thioether (sulfide) groups is 1. The van der Waals surface area contributed by atoms with Crippen LogP contribution >= 0.6 is 11.8 Å². The minimum absolute atomic E-state index is 0.121. The summed E-state index contributed by atoms with van der Waals surface area (Å²) in [6.45, 7) is 6.46. The van der Waals surface area contributed by atoms with Gasteiger partial charge in [0.15, 0.2) is 9.84 Å². The molecule has 0 radical (unpaired) electrons. The molecule has 5 nitrogen and oxygen atoms in total. The van der Waals surface area contributed by atoms with Crippen molar-refractivity contribution in [1.29, 1.82) is 0 Å². The maximum absolute atomic E-state index is 12.6. The van der Waals surface area contributed by atoms with Gasteiger partial charge < -0.3 is 10.6 Å². The van der Waals surface area contributed by atoms with Crippen molar-refractivity contribution in [3.8, 4) is 0 Å². The Kier molecular flexibility index (Phi) is 4.59. The van der Waals surface area contributed by atoms with Crippen molar-refractivity contribution >= 4 is 21.6 Å². The van der Waals surface area contributed by atoms with E-state index in [4.69, 9.17) is 5.73 Å². The van der Waals surface area contributed by atoms with Crippen LogP contribution in [0.3, 0.4) is 0 Å². The lowest BCUT2D eigenvalue weighted by atomic mass is 9.71. The molecule has 4 aliphatic heterocycles. The fraction of sp³-hybridized carbons (Fsp3) is 1.00. The van der Waals surface area contributed by atoms with E-state index in [2.05, 4.69) is 9.80 Å². The first-order valence-corrected chi connectivity index (χ1v) is 10.9. The molecule has 2 unspecified atom stereocenters. The van der Waals surface area contributed by atoms with Crippen LogP contribution in [0, 0.1) is 5.92 Å². The van der Waals surface area contributed by atoms with Crippen molar-refractivity contribution in [1.82, 2.24) is 9.80 Å². The van der Waals surface area contributed by atoms with E-state index in [9.17, 15) is 8.42 Å². The summed E-state index contributed by atoms with van der Waals surface area (Å²) in [6, 6.07) is 0. The predicted molar refractivity (Wildman–Crippen MR) is 88.2 cm³/mol. The molecule has 7 heteroatoms. The molecular formula is C14H27N3O2S2. The van der Waals surface area contributed by atoms with Gasteiger partial charge in [0.05, 0.1) is 0 Å². The van der Waals surface area contributed by atoms with Gasteiger partial charge in [0.2, 0.25) is 0 Å². The Morgan fingerprint density at radius 2 is 2.00 bits per heavy atom. The molecule has 4 heterocycles. The van der Waals surface area contributed by atoms with Gasteiger partial charge in [-0.2, -0.15) is 11.8 Å². The summed E-state index contributed by atoms with van der Waals surface area (Å²) in [4.78, 5) is 4.77. The Bertz CT molecular complexity index is 477. The Balaban J connectivity index is 1.94. The third kappa shape index (κ3) is 2.65. The molecule has 0 spiro atoms. The maximum atomic E-state index is 12.6. The van der Waals surface area contributed by atoms with Crippen LogP contribution in [-0.2, 0) is 9.84 Å². The van der Waals surface area contributed by atoms with E-state index < -0.39 is 9.84 Å². The van der Waals surface area contributed by atoms with E-state index in [1.165, 1.54) is 12.8 Å². The van der Waals surface area contributed by atoms with Crippen LogP contribution in [0.1, 0.15) is 19.8 Å². The second-order valence-corrected chi connectivity index (χ2v) is 10.1. The molecule has 122 valence electrons. The molecule has 0 saturated carbocycles. The quantitative estimate of drug-likeness (QED) is 0.794. The third-order valence-corrected chi connectivity index (χ3v) is 8.96. The molecule has 2 atom stereocenters. The second kappa shape index (κ2) is 6.00. The van der Waals surface area contributed by atoms with Crippen LogP contribution < -0.4 is 5.73 Å². The van der Waals surface area contributed by atoms with E-state index in [-0.39, 0.29) is 16.7 Å². The first kappa shape index (κ1) is 16.1. The largest absolute Gasteiger partial charge is 0.329 e. The van der Waals surface area contributed by atoms with Crippen molar-refractivity contribution < 1.29 is 8.42 Å². The molecule has 0 aromatic carbocycles. The number of fused-ring (bicyclic) bond motifs is 3. The van der Waals surface area contributed by atoms with Gasteiger partial charge in [-0.15, -0.1) is 0 Å². The lowest BCUT2D eigenvalue weighted by Crippen LogP contribution is -2.73. The van der Waals surface area contributed by atoms with Gasteiger partial charge in [-0.05, 0) is 31.8 Å². The summed E-state index contributed by atoms with van der Waals surface area (Å²) in [5, 5.41) is -0.342. The van der Waals surface area contributed by atoms with Crippen LogP contribution in [-0.4, -0.2) is 79.1 Å². The van der Waals surface area contributed by atoms with E-state index in [0.717, 1.165) is 31.9 Å². The molecule has 2 bridgehead atoms. The van der Waals surface area contributed by atoms with Gasteiger partial charge >= 0.3 is 0 Å². The molecule has 4 saturated heterocycles. The van der Waals surface area contributed by atoms with Crippen LogP contribution in [0.2, 0.25) is 0 Å². The molecule has 0 aromatic heterocycles. The van der Waals surface area contributed by atoms with Crippen LogP contribution in [0.25, 0.3) is 0 Å². The second-order valence-electron chi connectivity index (χ2n) is 6.53. The monoisotopic (exact) mass is 333 g/mol. The standard InChI is InChI=1S/C14H27N3O2S2/c1-2-21(18,19)13-9-20-8-7-17(13)14(10-15)11-16-5-3-12(14)4-6-16/h12-13H,2-11,15H2,1H3. The summed E-state index contributed by atoms with van der Waals surface area (Å²) < 4.78 is 25.1. The first-order valence-electron chi connectivity index (χ1n) is 8.02. The highest BCUT2D eigenvalue weighted by atomic mass is 32.2. The molecule has 0 aliphatic carbocycles. The van der Waals surface area contributed by atoms with Gasteiger partial charge in [-0.25, -0.2) is 8.42 Å². The van der Waals surface area contributed by atoms with Crippen molar-refractivity contribution in [2.45, 2.75) is 30.7 Å². The Hall–Kier alpha value is 0.180. The van der Waals surface area contributed by atoms with Gasteiger partial charge in [-0.3, -0.25) is 4.90 Å². The summed E-state index contributed by atoms with van der Waals surface area (Å²) in [7, 11) is -3.05. The highest BCUT2D eigenvalue weighted by molar-refractivity contribution is 8.01. The minimum atomic E-state index is -3.05. The maximum Gasteiger partial charge on any atom is 0.166 e. The zero-order chi connectivity index (χ0) is 15.1.